The average molecular weight is 304 g/mol. The first kappa shape index (κ1) is 14.9. The lowest BCUT2D eigenvalue weighted by Crippen LogP contribution is -2.31. The van der Waals surface area contributed by atoms with Crippen molar-refractivity contribution < 1.29 is 4.79 Å². The number of carbonyl (C=O) groups excluding carboxylic acids is 1. The second-order valence-corrected chi connectivity index (χ2v) is 7.47. The summed E-state index contributed by atoms with van der Waals surface area (Å²) < 4.78 is 0. The Morgan fingerprint density at radius 2 is 2.24 bits per heavy atom. The van der Waals surface area contributed by atoms with Crippen LogP contribution in [-0.4, -0.2) is 24.7 Å². The fourth-order valence-corrected chi connectivity index (χ4v) is 4.00. The van der Waals surface area contributed by atoms with Crippen molar-refractivity contribution in [3.63, 3.8) is 0 Å². The molecule has 1 aliphatic heterocycles. The number of hydrogen-bond acceptors (Lipinski definition) is 3. The van der Waals surface area contributed by atoms with Gasteiger partial charge in [0.1, 0.15) is 0 Å². The SMILES string of the molecule is CCSCc1cccc(NC(=O)C2CC23CCNCC3)c1. The van der Waals surface area contributed by atoms with E-state index < -0.39 is 0 Å². The van der Waals surface area contributed by atoms with E-state index in [0.717, 1.165) is 49.5 Å². The van der Waals surface area contributed by atoms with E-state index >= 15 is 0 Å². The van der Waals surface area contributed by atoms with Crippen LogP contribution in [0.5, 0.6) is 0 Å². The summed E-state index contributed by atoms with van der Waals surface area (Å²) >= 11 is 1.91. The minimum atomic E-state index is 0.220. The smallest absolute Gasteiger partial charge is 0.228 e. The van der Waals surface area contributed by atoms with Gasteiger partial charge in [0.15, 0.2) is 0 Å². The maximum absolute atomic E-state index is 12.4. The summed E-state index contributed by atoms with van der Waals surface area (Å²) in [7, 11) is 0. The number of benzene rings is 1. The number of hydrogen-bond donors (Lipinski definition) is 2. The number of rotatable bonds is 5. The lowest BCUT2D eigenvalue weighted by atomic mass is 9.92. The average Bonchev–Trinajstić information content (AvgIpc) is 3.20. The van der Waals surface area contributed by atoms with Gasteiger partial charge in [-0.15, -0.1) is 0 Å². The van der Waals surface area contributed by atoms with Crippen molar-refractivity contribution >= 4 is 23.4 Å². The third-order valence-corrected chi connectivity index (χ3v) is 5.72. The van der Waals surface area contributed by atoms with Crippen molar-refractivity contribution in [2.75, 3.05) is 24.2 Å². The molecule has 1 heterocycles. The van der Waals surface area contributed by atoms with Crippen LogP contribution in [0.4, 0.5) is 5.69 Å². The second kappa shape index (κ2) is 6.41. The largest absolute Gasteiger partial charge is 0.326 e. The molecule has 1 atom stereocenters. The third-order valence-electron chi connectivity index (χ3n) is 4.77. The number of anilines is 1. The van der Waals surface area contributed by atoms with E-state index in [1.165, 1.54) is 5.56 Å². The van der Waals surface area contributed by atoms with Gasteiger partial charge in [0.25, 0.3) is 0 Å². The lowest BCUT2D eigenvalue weighted by Gasteiger charge is -2.23. The number of amides is 1. The van der Waals surface area contributed by atoms with E-state index in [-0.39, 0.29) is 11.8 Å². The lowest BCUT2D eigenvalue weighted by molar-refractivity contribution is -0.118. The zero-order valence-corrected chi connectivity index (χ0v) is 13.5. The minimum Gasteiger partial charge on any atom is -0.326 e. The summed E-state index contributed by atoms with van der Waals surface area (Å²) in [6.07, 6.45) is 3.38. The standard InChI is InChI=1S/C17H24N2OS/c1-2-21-12-13-4-3-5-14(10-13)19-16(20)15-11-17(15)6-8-18-9-7-17/h3-5,10,15,18H,2,6-9,11-12H2,1H3,(H,19,20). The molecule has 1 unspecified atom stereocenters. The summed E-state index contributed by atoms with van der Waals surface area (Å²) in [5, 5.41) is 6.51. The summed E-state index contributed by atoms with van der Waals surface area (Å²) in [4.78, 5) is 12.4. The zero-order valence-electron chi connectivity index (χ0n) is 12.7. The van der Waals surface area contributed by atoms with Crippen LogP contribution < -0.4 is 10.6 Å². The monoisotopic (exact) mass is 304 g/mol. The first-order valence-corrected chi connectivity index (χ1v) is 9.07. The Labute approximate surface area is 131 Å². The molecule has 2 N–H and O–H groups in total. The molecule has 1 aromatic carbocycles. The minimum absolute atomic E-state index is 0.220. The highest BCUT2D eigenvalue weighted by Crippen LogP contribution is 2.58. The summed E-state index contributed by atoms with van der Waals surface area (Å²) in [6.45, 7) is 4.29. The topological polar surface area (TPSA) is 41.1 Å². The number of nitrogens with one attached hydrogen (secondary N) is 2. The predicted molar refractivity (Wildman–Crippen MR) is 89.6 cm³/mol. The molecule has 1 aliphatic carbocycles. The van der Waals surface area contributed by atoms with Crippen LogP contribution in [0.1, 0.15) is 31.7 Å². The Kier molecular flexibility index (Phi) is 4.55. The van der Waals surface area contributed by atoms with E-state index in [0.29, 0.717) is 5.41 Å². The molecule has 1 aromatic rings. The molecule has 114 valence electrons. The molecule has 3 nitrogen and oxygen atoms in total. The molecule has 0 aromatic heterocycles. The molecular weight excluding hydrogens is 280 g/mol. The summed E-state index contributed by atoms with van der Waals surface area (Å²) in [5.74, 6) is 2.58. The molecule has 1 spiro atoms. The summed E-state index contributed by atoms with van der Waals surface area (Å²) in [6, 6.07) is 8.27. The van der Waals surface area contributed by atoms with Gasteiger partial charge in [-0.25, -0.2) is 0 Å². The van der Waals surface area contributed by atoms with Crippen LogP contribution >= 0.6 is 11.8 Å². The Balaban J connectivity index is 1.58. The van der Waals surface area contributed by atoms with Crippen LogP contribution in [0.2, 0.25) is 0 Å². The van der Waals surface area contributed by atoms with Gasteiger partial charge in [0, 0.05) is 17.4 Å². The normalized spacial score (nSPS) is 23.0. The van der Waals surface area contributed by atoms with Crippen LogP contribution in [0.3, 0.4) is 0 Å². The van der Waals surface area contributed by atoms with Crippen LogP contribution in [0.15, 0.2) is 24.3 Å². The molecule has 0 radical (unpaired) electrons. The van der Waals surface area contributed by atoms with Gasteiger partial charge in [-0.3, -0.25) is 4.79 Å². The second-order valence-electron chi connectivity index (χ2n) is 6.20. The van der Waals surface area contributed by atoms with Crippen LogP contribution in [0.25, 0.3) is 0 Å². The van der Waals surface area contributed by atoms with Gasteiger partial charge in [-0.1, -0.05) is 19.1 Å². The van der Waals surface area contributed by atoms with E-state index in [2.05, 4.69) is 29.7 Å². The van der Waals surface area contributed by atoms with E-state index in [1.807, 2.05) is 23.9 Å². The molecule has 3 rings (SSSR count). The number of thioether (sulfide) groups is 1. The molecule has 2 fully saturated rings. The fourth-order valence-electron chi connectivity index (χ4n) is 3.38. The first-order valence-electron chi connectivity index (χ1n) is 7.92. The van der Waals surface area contributed by atoms with Crippen molar-refractivity contribution in [2.45, 2.75) is 31.9 Å². The van der Waals surface area contributed by atoms with Gasteiger partial charge < -0.3 is 10.6 Å². The van der Waals surface area contributed by atoms with Crippen molar-refractivity contribution in [3.05, 3.63) is 29.8 Å². The molecule has 0 bridgehead atoms. The first-order chi connectivity index (χ1) is 10.2. The highest BCUT2D eigenvalue weighted by atomic mass is 32.2. The molecule has 2 aliphatic rings. The quantitative estimate of drug-likeness (QED) is 0.877. The Hall–Kier alpha value is -1.00. The van der Waals surface area contributed by atoms with Gasteiger partial charge in [-0.2, -0.15) is 11.8 Å². The van der Waals surface area contributed by atoms with Crippen molar-refractivity contribution in [3.8, 4) is 0 Å². The summed E-state index contributed by atoms with van der Waals surface area (Å²) in [5.41, 5.74) is 2.54. The van der Waals surface area contributed by atoms with E-state index in [4.69, 9.17) is 0 Å². The Morgan fingerprint density at radius 3 is 3.00 bits per heavy atom. The van der Waals surface area contributed by atoms with E-state index in [1.54, 1.807) is 0 Å². The molecule has 1 amide bonds. The third kappa shape index (κ3) is 3.43. The Morgan fingerprint density at radius 1 is 1.43 bits per heavy atom. The van der Waals surface area contributed by atoms with Crippen molar-refractivity contribution in [1.29, 1.82) is 0 Å². The molecule has 1 saturated carbocycles. The molecular formula is C17H24N2OS. The molecule has 4 heteroatoms. The maximum atomic E-state index is 12.4. The highest BCUT2D eigenvalue weighted by Gasteiger charge is 2.57. The fraction of sp³-hybridized carbons (Fsp3) is 0.588. The van der Waals surface area contributed by atoms with Crippen LogP contribution in [0, 0.1) is 11.3 Å². The Bertz CT molecular complexity index is 511. The molecule has 21 heavy (non-hydrogen) atoms. The zero-order chi connectivity index (χ0) is 14.7. The number of carbonyl (C=O) groups is 1. The van der Waals surface area contributed by atoms with Crippen molar-refractivity contribution in [2.24, 2.45) is 11.3 Å². The van der Waals surface area contributed by atoms with Gasteiger partial charge in [-0.05, 0) is 61.2 Å². The van der Waals surface area contributed by atoms with Gasteiger partial charge in [0.05, 0.1) is 0 Å². The molecule has 1 saturated heterocycles. The van der Waals surface area contributed by atoms with Crippen molar-refractivity contribution in [1.82, 2.24) is 5.32 Å². The van der Waals surface area contributed by atoms with Gasteiger partial charge >= 0.3 is 0 Å². The highest BCUT2D eigenvalue weighted by molar-refractivity contribution is 7.98. The van der Waals surface area contributed by atoms with E-state index in [9.17, 15) is 4.79 Å². The van der Waals surface area contributed by atoms with Crippen LogP contribution in [-0.2, 0) is 10.5 Å². The maximum Gasteiger partial charge on any atom is 0.228 e. The number of piperidine rings is 1. The predicted octanol–water partition coefficient (Wildman–Crippen LogP) is 3.27. The van der Waals surface area contributed by atoms with Gasteiger partial charge in [0.2, 0.25) is 5.91 Å².